The van der Waals surface area contributed by atoms with Crippen molar-refractivity contribution in [2.24, 2.45) is 0 Å². The number of fused-ring (bicyclic) bond motifs is 2. The van der Waals surface area contributed by atoms with Gasteiger partial charge in [0, 0.05) is 52.6 Å². The number of pyridine rings is 3. The standard InChI is InChI=1S/C24H16FN3OS/c25-18-12-28(21-11-16(21)20-6-5-15-3-1-2-4-19(15)27-20)24(29)22-17(13-30-23(18)22)14-7-9-26-10-8-14/h1-10,12-13,16,21H,11H2. The maximum atomic E-state index is 14.9. The van der Waals surface area contributed by atoms with E-state index in [1.807, 2.05) is 47.8 Å². The van der Waals surface area contributed by atoms with Gasteiger partial charge in [0.25, 0.3) is 5.56 Å². The smallest absolute Gasteiger partial charge is 0.260 e. The molecule has 0 bridgehead atoms. The lowest BCUT2D eigenvalue weighted by Crippen LogP contribution is -2.20. The van der Waals surface area contributed by atoms with Gasteiger partial charge >= 0.3 is 0 Å². The van der Waals surface area contributed by atoms with Crippen molar-refractivity contribution in [1.29, 1.82) is 0 Å². The predicted molar refractivity (Wildman–Crippen MR) is 117 cm³/mol. The summed E-state index contributed by atoms with van der Waals surface area (Å²) in [6, 6.07) is 15.7. The van der Waals surface area contributed by atoms with Crippen LogP contribution in [0.25, 0.3) is 32.1 Å². The minimum atomic E-state index is -0.355. The van der Waals surface area contributed by atoms with Crippen LogP contribution in [0.15, 0.2) is 77.3 Å². The lowest BCUT2D eigenvalue weighted by Gasteiger charge is -2.08. The Balaban J connectivity index is 1.44. The molecule has 0 amide bonds. The monoisotopic (exact) mass is 413 g/mol. The molecule has 0 N–H and O–H groups in total. The molecule has 0 radical (unpaired) electrons. The number of nitrogens with zero attached hydrogens (tertiary/aromatic N) is 3. The summed E-state index contributed by atoms with van der Waals surface area (Å²) in [5.74, 6) is -0.237. The van der Waals surface area contributed by atoms with Crippen LogP contribution >= 0.6 is 11.3 Å². The Labute approximate surface area is 175 Å². The molecule has 146 valence electrons. The summed E-state index contributed by atoms with van der Waals surface area (Å²) in [5.41, 5.74) is 3.37. The number of hydrogen-bond donors (Lipinski definition) is 0. The Bertz CT molecular complexity index is 1470. The Kier molecular flexibility index (Phi) is 3.83. The van der Waals surface area contributed by atoms with Crippen LogP contribution in [-0.2, 0) is 0 Å². The summed E-state index contributed by atoms with van der Waals surface area (Å²) in [7, 11) is 0. The van der Waals surface area contributed by atoms with E-state index in [4.69, 9.17) is 4.98 Å². The fraction of sp³-hybridized carbons (Fsp3) is 0.125. The van der Waals surface area contributed by atoms with E-state index >= 15 is 0 Å². The number of rotatable bonds is 3. The molecule has 6 heteroatoms. The molecule has 2 atom stereocenters. The molecule has 1 aliphatic rings. The second kappa shape index (κ2) is 6.57. The molecule has 4 aromatic heterocycles. The molecular weight excluding hydrogens is 397 g/mol. The normalized spacial score (nSPS) is 18.2. The quantitative estimate of drug-likeness (QED) is 0.390. The highest BCUT2D eigenvalue weighted by Crippen LogP contribution is 2.50. The van der Waals surface area contributed by atoms with E-state index in [0.717, 1.165) is 34.1 Å². The molecule has 1 fully saturated rings. The highest BCUT2D eigenvalue weighted by Gasteiger charge is 2.42. The first kappa shape index (κ1) is 17.5. The van der Waals surface area contributed by atoms with Gasteiger partial charge in [0.1, 0.15) is 0 Å². The van der Waals surface area contributed by atoms with Gasteiger partial charge in [0.05, 0.1) is 15.6 Å². The average Bonchev–Trinajstić information content (AvgIpc) is 3.45. The summed E-state index contributed by atoms with van der Waals surface area (Å²) in [4.78, 5) is 22.2. The van der Waals surface area contributed by atoms with Crippen molar-refractivity contribution in [1.82, 2.24) is 14.5 Å². The molecular formula is C24H16FN3OS. The van der Waals surface area contributed by atoms with Crippen molar-refractivity contribution < 1.29 is 4.39 Å². The van der Waals surface area contributed by atoms with Gasteiger partial charge in [-0.3, -0.25) is 14.8 Å². The van der Waals surface area contributed by atoms with Crippen LogP contribution in [0.1, 0.15) is 24.1 Å². The van der Waals surface area contributed by atoms with Crippen LogP contribution in [-0.4, -0.2) is 14.5 Å². The average molecular weight is 413 g/mol. The van der Waals surface area contributed by atoms with Crippen molar-refractivity contribution in [3.63, 3.8) is 0 Å². The topological polar surface area (TPSA) is 47.8 Å². The van der Waals surface area contributed by atoms with Crippen LogP contribution in [0.4, 0.5) is 4.39 Å². The van der Waals surface area contributed by atoms with Crippen molar-refractivity contribution in [2.75, 3.05) is 0 Å². The number of hydrogen-bond acceptors (Lipinski definition) is 4. The third kappa shape index (κ3) is 2.68. The summed E-state index contributed by atoms with van der Waals surface area (Å²) >= 11 is 1.27. The third-order valence-corrected chi connectivity index (χ3v) is 6.80. The zero-order chi connectivity index (χ0) is 20.2. The largest absolute Gasteiger partial charge is 0.308 e. The second-order valence-corrected chi connectivity index (χ2v) is 8.50. The molecule has 5 aromatic rings. The lowest BCUT2D eigenvalue weighted by molar-refractivity contribution is 0.596. The lowest BCUT2D eigenvalue weighted by atomic mass is 10.1. The predicted octanol–water partition coefficient (Wildman–Crippen LogP) is 5.54. The Hall–Kier alpha value is -3.38. The van der Waals surface area contributed by atoms with Gasteiger partial charge in [-0.2, -0.15) is 0 Å². The fourth-order valence-corrected chi connectivity index (χ4v) is 5.17. The van der Waals surface area contributed by atoms with E-state index in [0.29, 0.717) is 10.1 Å². The summed E-state index contributed by atoms with van der Waals surface area (Å²) in [6.45, 7) is 0. The minimum Gasteiger partial charge on any atom is -0.308 e. The number of aromatic nitrogens is 3. The van der Waals surface area contributed by atoms with Crippen LogP contribution in [0.2, 0.25) is 0 Å². The first-order valence-corrected chi connectivity index (χ1v) is 10.7. The molecule has 0 spiro atoms. The van der Waals surface area contributed by atoms with Crippen molar-refractivity contribution in [3.8, 4) is 11.1 Å². The van der Waals surface area contributed by atoms with Gasteiger partial charge in [0.2, 0.25) is 0 Å². The molecule has 30 heavy (non-hydrogen) atoms. The molecule has 1 aliphatic carbocycles. The maximum absolute atomic E-state index is 14.9. The van der Waals surface area contributed by atoms with E-state index in [1.54, 1.807) is 17.0 Å². The van der Waals surface area contributed by atoms with Gasteiger partial charge in [-0.15, -0.1) is 11.3 Å². The maximum Gasteiger partial charge on any atom is 0.260 e. The number of halogens is 1. The Morgan fingerprint density at radius 2 is 1.90 bits per heavy atom. The van der Waals surface area contributed by atoms with Crippen LogP contribution in [0, 0.1) is 5.82 Å². The highest BCUT2D eigenvalue weighted by molar-refractivity contribution is 7.17. The molecule has 1 aromatic carbocycles. The van der Waals surface area contributed by atoms with Crippen molar-refractivity contribution >= 4 is 32.3 Å². The number of benzene rings is 1. The van der Waals surface area contributed by atoms with Crippen molar-refractivity contribution in [2.45, 2.75) is 18.4 Å². The Morgan fingerprint density at radius 3 is 2.77 bits per heavy atom. The van der Waals surface area contributed by atoms with E-state index in [2.05, 4.69) is 11.1 Å². The van der Waals surface area contributed by atoms with E-state index in [1.165, 1.54) is 17.5 Å². The summed E-state index contributed by atoms with van der Waals surface area (Å²) in [5, 5.41) is 3.39. The molecule has 4 heterocycles. The van der Waals surface area contributed by atoms with E-state index in [9.17, 15) is 9.18 Å². The van der Waals surface area contributed by atoms with Gasteiger partial charge in [-0.05, 0) is 36.2 Å². The van der Waals surface area contributed by atoms with Gasteiger partial charge in [0.15, 0.2) is 5.82 Å². The molecule has 0 aliphatic heterocycles. The van der Waals surface area contributed by atoms with Gasteiger partial charge < -0.3 is 4.57 Å². The van der Waals surface area contributed by atoms with Crippen LogP contribution < -0.4 is 5.56 Å². The van der Waals surface area contributed by atoms with E-state index < -0.39 is 0 Å². The minimum absolute atomic E-state index is 0.0738. The highest BCUT2D eigenvalue weighted by atomic mass is 32.1. The molecule has 4 nitrogen and oxygen atoms in total. The SMILES string of the molecule is O=c1c2c(-c3ccncc3)csc2c(F)cn1C1CC1c1ccc2ccccc2n1. The zero-order valence-electron chi connectivity index (χ0n) is 15.8. The zero-order valence-corrected chi connectivity index (χ0v) is 16.6. The van der Waals surface area contributed by atoms with Crippen LogP contribution in [0.5, 0.6) is 0 Å². The van der Waals surface area contributed by atoms with E-state index in [-0.39, 0.29) is 23.3 Å². The summed E-state index contributed by atoms with van der Waals surface area (Å²) < 4.78 is 16.9. The fourth-order valence-electron chi connectivity index (χ4n) is 4.20. The first-order valence-electron chi connectivity index (χ1n) is 9.78. The second-order valence-electron chi connectivity index (χ2n) is 7.62. The van der Waals surface area contributed by atoms with Gasteiger partial charge in [-0.25, -0.2) is 4.39 Å². The first-order chi connectivity index (χ1) is 14.7. The Morgan fingerprint density at radius 1 is 1.07 bits per heavy atom. The molecule has 1 saturated carbocycles. The van der Waals surface area contributed by atoms with Crippen molar-refractivity contribution in [3.05, 3.63) is 94.4 Å². The van der Waals surface area contributed by atoms with Crippen LogP contribution in [0.3, 0.4) is 0 Å². The van der Waals surface area contributed by atoms with Gasteiger partial charge in [-0.1, -0.05) is 24.3 Å². The summed E-state index contributed by atoms with van der Waals surface area (Å²) in [6.07, 6.45) is 5.51. The third-order valence-electron chi connectivity index (χ3n) is 5.81. The molecule has 6 rings (SSSR count). The molecule has 2 unspecified atom stereocenters. The number of thiophene rings is 1. The number of para-hydroxylation sites is 1. The molecule has 0 saturated heterocycles.